The topological polar surface area (TPSA) is 66.7 Å². The lowest BCUT2D eigenvalue weighted by molar-refractivity contribution is -0.130. The maximum atomic E-state index is 12.9. The van der Waals surface area contributed by atoms with E-state index in [-0.39, 0.29) is 11.5 Å². The molecule has 0 aromatic carbocycles. The number of nitrogens with zero attached hydrogens (tertiary/aromatic N) is 6. The predicted molar refractivity (Wildman–Crippen MR) is 123 cm³/mol. The van der Waals surface area contributed by atoms with Gasteiger partial charge in [0.25, 0.3) is 5.91 Å². The van der Waals surface area contributed by atoms with Crippen LogP contribution in [0.2, 0.25) is 0 Å². The first kappa shape index (κ1) is 21.4. The fourth-order valence-electron chi connectivity index (χ4n) is 5.45. The summed E-state index contributed by atoms with van der Waals surface area (Å²) in [5, 5.41) is 4.39. The van der Waals surface area contributed by atoms with Gasteiger partial charge in [0.2, 0.25) is 0 Å². The number of aryl methyl sites for hydroxylation is 1. The van der Waals surface area contributed by atoms with Crippen LogP contribution < -0.4 is 4.90 Å². The number of pyridine rings is 1. The van der Waals surface area contributed by atoms with Crippen LogP contribution in [0.4, 0.5) is 5.82 Å². The maximum Gasteiger partial charge on any atom is 0.274 e. The Kier molecular flexibility index (Phi) is 6.15. The first-order valence-electron chi connectivity index (χ1n) is 12.0. The SMILES string of the molecule is CCn1ccc(C(=O)N2CCC3(CC2)CC(N2CCN(c4ccccn4)CC2)CCO3)n1. The van der Waals surface area contributed by atoms with Gasteiger partial charge in [-0.2, -0.15) is 5.10 Å². The summed E-state index contributed by atoms with van der Waals surface area (Å²) in [6.45, 7) is 9.31. The second kappa shape index (κ2) is 9.19. The zero-order valence-electron chi connectivity index (χ0n) is 19.0. The molecule has 1 spiro atoms. The van der Waals surface area contributed by atoms with Gasteiger partial charge in [0, 0.05) is 70.9 Å². The molecule has 2 aromatic heterocycles. The summed E-state index contributed by atoms with van der Waals surface area (Å²) >= 11 is 0. The molecule has 8 nitrogen and oxygen atoms in total. The summed E-state index contributed by atoms with van der Waals surface area (Å²) in [5.41, 5.74) is 0.469. The highest BCUT2D eigenvalue weighted by Gasteiger charge is 2.43. The number of ether oxygens (including phenoxy) is 1. The van der Waals surface area contributed by atoms with E-state index in [0.29, 0.717) is 11.7 Å². The van der Waals surface area contributed by atoms with Crippen LogP contribution in [0.15, 0.2) is 36.7 Å². The van der Waals surface area contributed by atoms with Crippen LogP contribution in [-0.2, 0) is 11.3 Å². The highest BCUT2D eigenvalue weighted by Crippen LogP contribution is 2.37. The smallest absolute Gasteiger partial charge is 0.274 e. The molecule has 1 unspecified atom stereocenters. The minimum Gasteiger partial charge on any atom is -0.375 e. The molecule has 3 aliphatic rings. The fraction of sp³-hybridized carbons (Fsp3) is 0.625. The lowest BCUT2D eigenvalue weighted by Gasteiger charge is -2.49. The molecule has 8 heteroatoms. The molecule has 3 fully saturated rings. The van der Waals surface area contributed by atoms with Crippen molar-refractivity contribution in [2.45, 2.75) is 50.8 Å². The van der Waals surface area contributed by atoms with Gasteiger partial charge in [-0.25, -0.2) is 4.98 Å². The fourth-order valence-corrected chi connectivity index (χ4v) is 5.45. The van der Waals surface area contributed by atoms with Crippen LogP contribution in [0.25, 0.3) is 0 Å². The number of piperazine rings is 1. The molecular formula is C24H34N6O2. The van der Waals surface area contributed by atoms with Gasteiger partial charge in [0.05, 0.1) is 5.60 Å². The second-order valence-electron chi connectivity index (χ2n) is 9.24. The molecule has 1 amide bonds. The van der Waals surface area contributed by atoms with Crippen LogP contribution in [0, 0.1) is 0 Å². The zero-order chi connectivity index (χ0) is 22.0. The van der Waals surface area contributed by atoms with Crippen molar-refractivity contribution in [3.8, 4) is 0 Å². The lowest BCUT2D eigenvalue weighted by Crippen LogP contribution is -2.57. The number of piperidine rings is 1. The first-order chi connectivity index (χ1) is 15.7. The first-order valence-corrected chi connectivity index (χ1v) is 12.0. The van der Waals surface area contributed by atoms with Crippen molar-refractivity contribution < 1.29 is 9.53 Å². The third-order valence-electron chi connectivity index (χ3n) is 7.42. The predicted octanol–water partition coefficient (Wildman–Crippen LogP) is 2.27. The van der Waals surface area contributed by atoms with Crippen LogP contribution in [0.3, 0.4) is 0 Å². The number of carbonyl (C=O) groups is 1. The normalized spacial score (nSPS) is 24.1. The van der Waals surface area contributed by atoms with Crippen LogP contribution in [-0.4, -0.2) is 88.0 Å². The van der Waals surface area contributed by atoms with E-state index in [2.05, 4.69) is 32.0 Å². The zero-order valence-corrected chi connectivity index (χ0v) is 19.0. The standard InChI is InChI=1S/C24H34N6O2/c1-2-30-11-6-21(26-30)23(31)29-12-8-24(9-13-29)19-20(7-18-32-24)27-14-16-28(17-15-27)22-5-3-4-10-25-22/h3-6,10-11,20H,2,7-9,12-19H2,1H3. The minimum atomic E-state index is -0.0827. The number of anilines is 1. The van der Waals surface area contributed by atoms with E-state index < -0.39 is 0 Å². The molecule has 0 saturated carbocycles. The third-order valence-corrected chi connectivity index (χ3v) is 7.42. The summed E-state index contributed by atoms with van der Waals surface area (Å²) in [4.78, 5) is 24.3. The van der Waals surface area contributed by atoms with E-state index >= 15 is 0 Å². The largest absolute Gasteiger partial charge is 0.375 e. The van der Waals surface area contributed by atoms with Gasteiger partial charge in [0.1, 0.15) is 11.5 Å². The van der Waals surface area contributed by atoms with Crippen molar-refractivity contribution in [3.05, 3.63) is 42.4 Å². The summed E-state index contributed by atoms with van der Waals surface area (Å²) in [7, 11) is 0. The van der Waals surface area contributed by atoms with Crippen molar-refractivity contribution in [2.24, 2.45) is 0 Å². The lowest BCUT2D eigenvalue weighted by atomic mass is 9.81. The van der Waals surface area contributed by atoms with E-state index in [1.807, 2.05) is 36.4 Å². The third kappa shape index (κ3) is 4.38. The number of likely N-dealkylation sites (tertiary alicyclic amines) is 1. The van der Waals surface area contributed by atoms with Crippen LogP contribution >= 0.6 is 0 Å². The van der Waals surface area contributed by atoms with Gasteiger partial charge in [0.15, 0.2) is 0 Å². The monoisotopic (exact) mass is 438 g/mol. The molecule has 32 heavy (non-hydrogen) atoms. The summed E-state index contributed by atoms with van der Waals surface area (Å²) in [6.07, 6.45) is 7.75. The van der Waals surface area contributed by atoms with Crippen molar-refractivity contribution in [2.75, 3.05) is 50.8 Å². The maximum absolute atomic E-state index is 12.9. The Bertz CT molecular complexity index is 900. The minimum absolute atomic E-state index is 0.0463. The molecule has 0 bridgehead atoms. The highest BCUT2D eigenvalue weighted by molar-refractivity contribution is 5.92. The molecule has 1 atom stereocenters. The summed E-state index contributed by atoms with van der Waals surface area (Å²) in [5.74, 6) is 1.13. The number of aromatic nitrogens is 3. The number of carbonyl (C=O) groups excluding carboxylic acids is 1. The molecule has 0 N–H and O–H groups in total. The number of hydrogen-bond donors (Lipinski definition) is 0. The Hall–Kier alpha value is -2.45. The highest BCUT2D eigenvalue weighted by atomic mass is 16.5. The van der Waals surface area contributed by atoms with Crippen LogP contribution in [0.1, 0.15) is 43.1 Å². The average Bonchev–Trinajstić information content (AvgIpc) is 3.34. The van der Waals surface area contributed by atoms with Crippen molar-refractivity contribution in [1.29, 1.82) is 0 Å². The second-order valence-corrected chi connectivity index (χ2v) is 9.24. The van der Waals surface area contributed by atoms with Gasteiger partial charge in [-0.1, -0.05) is 6.07 Å². The number of amides is 1. The van der Waals surface area contributed by atoms with Crippen molar-refractivity contribution >= 4 is 11.7 Å². The van der Waals surface area contributed by atoms with Gasteiger partial charge >= 0.3 is 0 Å². The van der Waals surface area contributed by atoms with E-state index in [1.54, 1.807) is 4.68 Å². The van der Waals surface area contributed by atoms with Gasteiger partial charge in [-0.05, 0) is 50.8 Å². The molecular weight excluding hydrogens is 404 g/mol. The van der Waals surface area contributed by atoms with Gasteiger partial charge in [-0.15, -0.1) is 0 Å². The Morgan fingerprint density at radius 3 is 2.62 bits per heavy atom. The quantitative estimate of drug-likeness (QED) is 0.730. The summed E-state index contributed by atoms with van der Waals surface area (Å²) < 4.78 is 8.18. The van der Waals surface area contributed by atoms with E-state index in [1.165, 1.54) is 0 Å². The number of rotatable bonds is 4. The molecule has 5 rings (SSSR count). The Labute approximate surface area is 190 Å². The van der Waals surface area contributed by atoms with Crippen LogP contribution in [0.5, 0.6) is 0 Å². The van der Waals surface area contributed by atoms with E-state index in [4.69, 9.17) is 4.74 Å². The molecule has 5 heterocycles. The Morgan fingerprint density at radius 2 is 1.94 bits per heavy atom. The molecule has 3 aliphatic heterocycles. The molecule has 0 aliphatic carbocycles. The average molecular weight is 439 g/mol. The number of hydrogen-bond acceptors (Lipinski definition) is 6. The van der Waals surface area contributed by atoms with Crippen molar-refractivity contribution in [1.82, 2.24) is 24.6 Å². The van der Waals surface area contributed by atoms with E-state index in [0.717, 1.165) is 83.9 Å². The van der Waals surface area contributed by atoms with Gasteiger partial charge < -0.3 is 14.5 Å². The van der Waals surface area contributed by atoms with Crippen molar-refractivity contribution in [3.63, 3.8) is 0 Å². The molecule has 172 valence electrons. The summed E-state index contributed by atoms with van der Waals surface area (Å²) in [6, 6.07) is 8.52. The van der Waals surface area contributed by atoms with Gasteiger partial charge in [-0.3, -0.25) is 14.4 Å². The molecule has 3 saturated heterocycles. The molecule has 2 aromatic rings. The Balaban J connectivity index is 1.15. The van der Waals surface area contributed by atoms with E-state index in [9.17, 15) is 4.79 Å². The molecule has 0 radical (unpaired) electrons. The Morgan fingerprint density at radius 1 is 1.12 bits per heavy atom.